The lowest BCUT2D eigenvalue weighted by atomic mass is 10.0. The van der Waals surface area contributed by atoms with Crippen LogP contribution in [0.1, 0.15) is 43.8 Å². The van der Waals surface area contributed by atoms with Crippen molar-refractivity contribution < 1.29 is 9.50 Å². The average molecular weight is 336 g/mol. The smallest absolute Gasteiger partial charge is 0.133 e. The number of aromatic nitrogens is 1. The van der Waals surface area contributed by atoms with Gasteiger partial charge in [0.2, 0.25) is 0 Å². The molecule has 126 valence electrons. The van der Waals surface area contributed by atoms with Crippen molar-refractivity contribution in [2.75, 3.05) is 6.54 Å². The van der Waals surface area contributed by atoms with Crippen LogP contribution in [0.5, 0.6) is 0 Å². The van der Waals surface area contributed by atoms with Crippen LogP contribution in [-0.4, -0.2) is 22.7 Å². The molecule has 5 heteroatoms. The molecule has 1 aromatic carbocycles. The number of aliphatic hydroxyl groups excluding tert-OH is 1. The number of aryl methyl sites for hydroxylation is 1. The zero-order chi connectivity index (χ0) is 17.0. The van der Waals surface area contributed by atoms with E-state index in [1.165, 1.54) is 17.4 Å². The molecule has 3 atom stereocenters. The van der Waals surface area contributed by atoms with Gasteiger partial charge in [-0.05, 0) is 51.8 Å². The van der Waals surface area contributed by atoms with Crippen molar-refractivity contribution in [3.63, 3.8) is 0 Å². The number of thiazole rings is 1. The summed E-state index contributed by atoms with van der Waals surface area (Å²) in [5, 5.41) is 13.6. The highest BCUT2D eigenvalue weighted by Gasteiger charge is 2.17. The standard InChI is InChI=1S/C18H25FN2OS/c1-11(9-12(2)22)10-20-13(3)17-14(4)21-18(23-17)15-7-5-6-8-16(15)19/h5-8,11-13,20,22H,9-10H2,1-4H3. The van der Waals surface area contributed by atoms with Gasteiger partial charge in [-0.25, -0.2) is 9.37 Å². The number of rotatable bonds is 7. The van der Waals surface area contributed by atoms with Gasteiger partial charge in [0, 0.05) is 16.5 Å². The Morgan fingerprint density at radius 1 is 1.26 bits per heavy atom. The van der Waals surface area contributed by atoms with E-state index in [0.29, 0.717) is 11.5 Å². The number of benzene rings is 1. The Morgan fingerprint density at radius 2 is 1.96 bits per heavy atom. The number of halogens is 1. The van der Waals surface area contributed by atoms with Crippen LogP contribution < -0.4 is 5.32 Å². The summed E-state index contributed by atoms with van der Waals surface area (Å²) >= 11 is 1.54. The van der Waals surface area contributed by atoms with Gasteiger partial charge in [0.25, 0.3) is 0 Å². The summed E-state index contributed by atoms with van der Waals surface area (Å²) in [6.45, 7) is 8.83. The van der Waals surface area contributed by atoms with E-state index in [4.69, 9.17) is 0 Å². The Kier molecular flexibility index (Phi) is 6.27. The van der Waals surface area contributed by atoms with Gasteiger partial charge >= 0.3 is 0 Å². The van der Waals surface area contributed by atoms with Gasteiger partial charge in [-0.3, -0.25) is 0 Å². The van der Waals surface area contributed by atoms with E-state index in [2.05, 4.69) is 24.1 Å². The van der Waals surface area contributed by atoms with Crippen LogP contribution in [0.2, 0.25) is 0 Å². The van der Waals surface area contributed by atoms with E-state index in [9.17, 15) is 9.50 Å². The highest BCUT2D eigenvalue weighted by Crippen LogP contribution is 2.33. The van der Waals surface area contributed by atoms with E-state index in [0.717, 1.165) is 28.5 Å². The Balaban J connectivity index is 2.07. The van der Waals surface area contributed by atoms with Crippen LogP contribution >= 0.6 is 11.3 Å². The topological polar surface area (TPSA) is 45.2 Å². The minimum Gasteiger partial charge on any atom is -0.393 e. The normalized spacial score (nSPS) is 15.4. The van der Waals surface area contributed by atoms with Crippen molar-refractivity contribution in [2.45, 2.75) is 46.3 Å². The van der Waals surface area contributed by atoms with Crippen molar-refractivity contribution in [2.24, 2.45) is 5.92 Å². The second-order valence-corrected chi connectivity index (χ2v) is 7.30. The lowest BCUT2D eigenvalue weighted by molar-refractivity contribution is 0.162. The summed E-state index contributed by atoms with van der Waals surface area (Å²) in [7, 11) is 0. The number of hydrogen-bond donors (Lipinski definition) is 2. The Bertz CT molecular complexity index is 642. The third-order valence-corrected chi connectivity index (χ3v) is 5.22. The minimum absolute atomic E-state index is 0.157. The summed E-state index contributed by atoms with van der Waals surface area (Å²) in [6, 6.07) is 6.90. The first-order valence-electron chi connectivity index (χ1n) is 8.02. The van der Waals surface area contributed by atoms with Gasteiger partial charge in [-0.1, -0.05) is 19.1 Å². The summed E-state index contributed by atoms with van der Waals surface area (Å²) in [5.74, 6) is 0.163. The predicted octanol–water partition coefficient (Wildman–Crippen LogP) is 4.32. The summed E-state index contributed by atoms with van der Waals surface area (Å²) < 4.78 is 13.9. The van der Waals surface area contributed by atoms with Crippen LogP contribution in [0.25, 0.3) is 10.6 Å². The number of nitrogens with zero attached hydrogens (tertiary/aromatic N) is 1. The lowest BCUT2D eigenvalue weighted by Crippen LogP contribution is -2.26. The highest BCUT2D eigenvalue weighted by atomic mass is 32.1. The van der Waals surface area contributed by atoms with Gasteiger partial charge < -0.3 is 10.4 Å². The van der Waals surface area contributed by atoms with Crippen LogP contribution in [0, 0.1) is 18.7 Å². The Labute approximate surface area is 141 Å². The molecule has 1 heterocycles. The highest BCUT2D eigenvalue weighted by molar-refractivity contribution is 7.15. The quantitative estimate of drug-likeness (QED) is 0.792. The van der Waals surface area contributed by atoms with Gasteiger partial charge in [-0.15, -0.1) is 11.3 Å². The van der Waals surface area contributed by atoms with E-state index in [-0.39, 0.29) is 18.0 Å². The second-order valence-electron chi connectivity index (χ2n) is 6.27. The first-order valence-corrected chi connectivity index (χ1v) is 8.83. The molecule has 0 amide bonds. The first kappa shape index (κ1) is 18.0. The van der Waals surface area contributed by atoms with Crippen molar-refractivity contribution in [3.05, 3.63) is 40.7 Å². The Hall–Kier alpha value is -1.30. The van der Waals surface area contributed by atoms with Crippen LogP contribution in [-0.2, 0) is 0 Å². The van der Waals surface area contributed by atoms with Gasteiger partial charge in [0.05, 0.1) is 11.8 Å². The molecule has 0 saturated heterocycles. The molecule has 0 radical (unpaired) electrons. The molecule has 3 nitrogen and oxygen atoms in total. The fraction of sp³-hybridized carbons (Fsp3) is 0.500. The van der Waals surface area contributed by atoms with E-state index in [1.54, 1.807) is 12.1 Å². The van der Waals surface area contributed by atoms with Gasteiger partial charge in [-0.2, -0.15) is 0 Å². The zero-order valence-corrected chi connectivity index (χ0v) is 15.0. The molecule has 0 bridgehead atoms. The third kappa shape index (κ3) is 4.83. The maximum Gasteiger partial charge on any atom is 0.133 e. The number of aliphatic hydroxyl groups is 1. The predicted molar refractivity (Wildman–Crippen MR) is 94.1 cm³/mol. The van der Waals surface area contributed by atoms with Crippen molar-refractivity contribution in [1.82, 2.24) is 10.3 Å². The molecular formula is C18H25FN2OS. The van der Waals surface area contributed by atoms with Crippen LogP contribution in [0.15, 0.2) is 24.3 Å². The van der Waals surface area contributed by atoms with E-state index in [1.807, 2.05) is 19.9 Å². The van der Waals surface area contributed by atoms with Gasteiger partial charge in [0.1, 0.15) is 10.8 Å². The molecule has 23 heavy (non-hydrogen) atoms. The van der Waals surface area contributed by atoms with Gasteiger partial charge in [0.15, 0.2) is 0 Å². The van der Waals surface area contributed by atoms with Crippen molar-refractivity contribution >= 4 is 11.3 Å². The molecule has 1 aromatic heterocycles. The largest absolute Gasteiger partial charge is 0.393 e. The monoisotopic (exact) mass is 336 g/mol. The zero-order valence-electron chi connectivity index (χ0n) is 14.1. The molecule has 0 aliphatic rings. The van der Waals surface area contributed by atoms with Crippen molar-refractivity contribution in [3.8, 4) is 10.6 Å². The first-order chi connectivity index (χ1) is 10.9. The maximum absolute atomic E-state index is 13.9. The lowest BCUT2D eigenvalue weighted by Gasteiger charge is -2.18. The maximum atomic E-state index is 13.9. The fourth-order valence-electron chi connectivity index (χ4n) is 2.70. The molecule has 0 saturated carbocycles. The fourth-order valence-corrected chi connectivity index (χ4v) is 3.82. The van der Waals surface area contributed by atoms with Crippen LogP contribution in [0.4, 0.5) is 4.39 Å². The molecule has 0 aliphatic carbocycles. The number of nitrogens with one attached hydrogen (secondary N) is 1. The van der Waals surface area contributed by atoms with E-state index >= 15 is 0 Å². The molecule has 3 unspecified atom stereocenters. The molecule has 0 aliphatic heterocycles. The molecule has 2 N–H and O–H groups in total. The third-order valence-electron chi connectivity index (χ3n) is 3.85. The SMILES string of the molecule is Cc1nc(-c2ccccc2F)sc1C(C)NCC(C)CC(C)O. The molecule has 2 aromatic rings. The van der Waals surface area contributed by atoms with E-state index < -0.39 is 0 Å². The summed E-state index contributed by atoms with van der Waals surface area (Å²) in [5.41, 5.74) is 1.50. The average Bonchev–Trinajstić information content (AvgIpc) is 2.86. The molecular weight excluding hydrogens is 311 g/mol. The molecule has 2 rings (SSSR count). The minimum atomic E-state index is -0.278. The molecule has 0 spiro atoms. The second kappa shape index (κ2) is 7.99. The summed E-state index contributed by atoms with van der Waals surface area (Å²) in [4.78, 5) is 5.67. The number of hydrogen-bond acceptors (Lipinski definition) is 4. The van der Waals surface area contributed by atoms with Crippen molar-refractivity contribution in [1.29, 1.82) is 0 Å². The summed E-state index contributed by atoms with van der Waals surface area (Å²) in [6.07, 6.45) is 0.502. The molecule has 0 fully saturated rings. The van der Waals surface area contributed by atoms with Crippen LogP contribution in [0.3, 0.4) is 0 Å². The Morgan fingerprint density at radius 3 is 2.61 bits per heavy atom.